The lowest BCUT2D eigenvalue weighted by atomic mass is 10.2. The summed E-state index contributed by atoms with van der Waals surface area (Å²) in [5, 5.41) is 0. The lowest BCUT2D eigenvalue weighted by Crippen LogP contribution is -2.01. The Labute approximate surface area is 119 Å². The zero-order valence-corrected chi connectivity index (χ0v) is 12.0. The topological polar surface area (TPSA) is 35.2 Å². The van der Waals surface area contributed by atoms with Crippen molar-refractivity contribution in [3.05, 3.63) is 54.1 Å². The zero-order valence-electron chi connectivity index (χ0n) is 11.1. The highest BCUT2D eigenvalue weighted by Crippen LogP contribution is 2.21. The number of benzene rings is 2. The predicted octanol–water partition coefficient (Wildman–Crippen LogP) is 4.14. The van der Waals surface area contributed by atoms with Gasteiger partial charge in [0.2, 0.25) is 0 Å². The minimum atomic E-state index is 0.701. The smallest absolute Gasteiger partial charge is 0.142 e. The van der Waals surface area contributed by atoms with E-state index in [-0.39, 0.29) is 0 Å². The molecule has 100 valence electrons. The van der Waals surface area contributed by atoms with Crippen LogP contribution in [0.4, 0.5) is 5.69 Å². The second-order valence-corrected chi connectivity index (χ2v) is 5.57. The van der Waals surface area contributed by atoms with Gasteiger partial charge in [0.1, 0.15) is 5.75 Å². The summed E-state index contributed by atoms with van der Waals surface area (Å²) >= 11 is 1.86. The molecule has 0 spiro atoms. The summed E-state index contributed by atoms with van der Waals surface area (Å²) in [7, 11) is 0. The zero-order chi connectivity index (χ0) is 13.5. The normalized spacial score (nSPS) is 10.4. The monoisotopic (exact) mass is 273 g/mol. The largest absolute Gasteiger partial charge is 0.491 e. The highest BCUT2D eigenvalue weighted by molar-refractivity contribution is 7.99. The predicted molar refractivity (Wildman–Crippen MR) is 82.9 cm³/mol. The Hall–Kier alpha value is -1.61. The second-order valence-electron chi connectivity index (χ2n) is 4.40. The number of nitrogens with two attached hydrogens (primary N) is 1. The molecule has 0 aliphatic carbocycles. The van der Waals surface area contributed by atoms with Gasteiger partial charge in [0, 0.05) is 10.6 Å². The fourth-order valence-corrected chi connectivity index (χ4v) is 2.50. The summed E-state index contributed by atoms with van der Waals surface area (Å²) in [4.78, 5) is 1.31. The van der Waals surface area contributed by atoms with Gasteiger partial charge in [0.25, 0.3) is 0 Å². The van der Waals surface area contributed by atoms with Crippen LogP contribution in [0, 0.1) is 6.92 Å². The van der Waals surface area contributed by atoms with Crippen molar-refractivity contribution in [2.75, 3.05) is 18.1 Å². The first kappa shape index (κ1) is 13.8. The standard InChI is InChI=1S/C16H19NOS/c1-13-7-9-14(10-8-13)19-12-4-11-18-16-6-3-2-5-15(16)17/h2-3,5-10H,4,11-12,17H2,1H3. The summed E-state index contributed by atoms with van der Waals surface area (Å²) in [5.74, 6) is 1.83. The first-order valence-electron chi connectivity index (χ1n) is 6.42. The molecular weight excluding hydrogens is 254 g/mol. The summed E-state index contributed by atoms with van der Waals surface area (Å²) in [6.45, 7) is 2.81. The third-order valence-electron chi connectivity index (χ3n) is 2.75. The van der Waals surface area contributed by atoms with Gasteiger partial charge >= 0.3 is 0 Å². The van der Waals surface area contributed by atoms with Crippen LogP contribution in [-0.2, 0) is 0 Å². The fraction of sp³-hybridized carbons (Fsp3) is 0.250. The Morgan fingerprint density at radius 3 is 2.53 bits per heavy atom. The van der Waals surface area contributed by atoms with Crippen molar-refractivity contribution in [1.29, 1.82) is 0 Å². The number of hydrogen-bond acceptors (Lipinski definition) is 3. The summed E-state index contributed by atoms with van der Waals surface area (Å²) in [5.41, 5.74) is 7.81. The van der Waals surface area contributed by atoms with E-state index in [1.165, 1.54) is 10.5 Å². The van der Waals surface area contributed by atoms with Crippen LogP contribution in [0.3, 0.4) is 0 Å². The van der Waals surface area contributed by atoms with Crippen LogP contribution in [-0.4, -0.2) is 12.4 Å². The van der Waals surface area contributed by atoms with Gasteiger partial charge in [-0.15, -0.1) is 11.8 Å². The number of para-hydroxylation sites is 2. The van der Waals surface area contributed by atoms with Crippen LogP contribution in [0.5, 0.6) is 5.75 Å². The number of thioether (sulfide) groups is 1. The third-order valence-corrected chi connectivity index (χ3v) is 3.85. The first-order valence-corrected chi connectivity index (χ1v) is 7.41. The maximum atomic E-state index is 5.81. The van der Waals surface area contributed by atoms with Crippen LogP contribution < -0.4 is 10.5 Å². The van der Waals surface area contributed by atoms with Crippen molar-refractivity contribution in [3.8, 4) is 5.75 Å². The molecular formula is C16H19NOS. The summed E-state index contributed by atoms with van der Waals surface area (Å²) in [6, 6.07) is 16.2. The highest BCUT2D eigenvalue weighted by Gasteiger charge is 1.98. The molecule has 0 amide bonds. The van der Waals surface area contributed by atoms with E-state index in [2.05, 4.69) is 31.2 Å². The molecule has 0 unspecified atom stereocenters. The molecule has 2 nitrogen and oxygen atoms in total. The van der Waals surface area contributed by atoms with Gasteiger partial charge < -0.3 is 10.5 Å². The van der Waals surface area contributed by atoms with E-state index in [0.717, 1.165) is 17.9 Å². The maximum absolute atomic E-state index is 5.81. The average Bonchev–Trinajstić information content (AvgIpc) is 2.42. The highest BCUT2D eigenvalue weighted by atomic mass is 32.2. The Morgan fingerprint density at radius 2 is 1.79 bits per heavy atom. The molecule has 19 heavy (non-hydrogen) atoms. The van der Waals surface area contributed by atoms with Crippen LogP contribution >= 0.6 is 11.8 Å². The van der Waals surface area contributed by atoms with E-state index in [9.17, 15) is 0 Å². The van der Waals surface area contributed by atoms with E-state index in [4.69, 9.17) is 10.5 Å². The third kappa shape index (κ3) is 4.52. The van der Waals surface area contributed by atoms with Gasteiger partial charge in [0.05, 0.1) is 12.3 Å². The molecule has 2 N–H and O–H groups in total. The van der Waals surface area contributed by atoms with Gasteiger partial charge in [-0.05, 0) is 37.6 Å². The van der Waals surface area contributed by atoms with Gasteiger partial charge in [-0.1, -0.05) is 29.8 Å². The average molecular weight is 273 g/mol. The maximum Gasteiger partial charge on any atom is 0.142 e. The number of hydrogen-bond donors (Lipinski definition) is 1. The van der Waals surface area contributed by atoms with Crippen molar-refractivity contribution >= 4 is 17.4 Å². The van der Waals surface area contributed by atoms with E-state index < -0.39 is 0 Å². The molecule has 0 heterocycles. The Morgan fingerprint density at radius 1 is 1.05 bits per heavy atom. The molecule has 2 aromatic rings. The minimum Gasteiger partial charge on any atom is -0.491 e. The molecule has 0 bridgehead atoms. The molecule has 0 saturated heterocycles. The van der Waals surface area contributed by atoms with Crippen LogP contribution in [0.15, 0.2) is 53.4 Å². The summed E-state index contributed by atoms with van der Waals surface area (Å²) < 4.78 is 5.66. The fourth-order valence-electron chi connectivity index (χ4n) is 1.68. The Kier molecular flexibility index (Phi) is 5.16. The lowest BCUT2D eigenvalue weighted by Gasteiger charge is -2.08. The van der Waals surface area contributed by atoms with E-state index in [1.54, 1.807) is 0 Å². The SMILES string of the molecule is Cc1ccc(SCCCOc2ccccc2N)cc1. The van der Waals surface area contributed by atoms with Crippen molar-refractivity contribution in [1.82, 2.24) is 0 Å². The van der Waals surface area contributed by atoms with Crippen molar-refractivity contribution in [3.63, 3.8) is 0 Å². The van der Waals surface area contributed by atoms with Gasteiger partial charge in [-0.2, -0.15) is 0 Å². The van der Waals surface area contributed by atoms with Gasteiger partial charge in [-0.3, -0.25) is 0 Å². The Balaban J connectivity index is 1.67. The van der Waals surface area contributed by atoms with E-state index in [0.29, 0.717) is 12.3 Å². The van der Waals surface area contributed by atoms with Gasteiger partial charge in [0.15, 0.2) is 0 Å². The molecule has 3 heteroatoms. The minimum absolute atomic E-state index is 0.701. The van der Waals surface area contributed by atoms with E-state index >= 15 is 0 Å². The van der Waals surface area contributed by atoms with Crippen molar-refractivity contribution < 1.29 is 4.74 Å². The molecule has 0 aliphatic heterocycles. The van der Waals surface area contributed by atoms with Crippen LogP contribution in [0.2, 0.25) is 0 Å². The van der Waals surface area contributed by atoms with Crippen LogP contribution in [0.1, 0.15) is 12.0 Å². The number of nitrogen functional groups attached to an aromatic ring is 1. The lowest BCUT2D eigenvalue weighted by molar-refractivity contribution is 0.320. The first-order chi connectivity index (χ1) is 9.25. The van der Waals surface area contributed by atoms with E-state index in [1.807, 2.05) is 36.0 Å². The molecule has 0 fully saturated rings. The number of rotatable bonds is 6. The molecule has 0 atom stereocenters. The molecule has 0 aliphatic rings. The molecule has 0 aromatic heterocycles. The van der Waals surface area contributed by atoms with Crippen molar-refractivity contribution in [2.24, 2.45) is 0 Å². The van der Waals surface area contributed by atoms with Crippen molar-refractivity contribution in [2.45, 2.75) is 18.2 Å². The molecule has 0 saturated carbocycles. The second kappa shape index (κ2) is 7.10. The summed E-state index contributed by atoms with van der Waals surface area (Å²) in [6.07, 6.45) is 1.01. The number of aryl methyl sites for hydroxylation is 1. The molecule has 2 aromatic carbocycles. The quantitative estimate of drug-likeness (QED) is 0.488. The Bertz CT molecular complexity index is 510. The van der Waals surface area contributed by atoms with Crippen LogP contribution in [0.25, 0.3) is 0 Å². The van der Waals surface area contributed by atoms with Gasteiger partial charge in [-0.25, -0.2) is 0 Å². The molecule has 2 rings (SSSR count). The number of ether oxygens (including phenoxy) is 1. The molecule has 0 radical (unpaired) electrons. The number of anilines is 1.